The Morgan fingerprint density at radius 1 is 0.464 bits per heavy atom. The lowest BCUT2D eigenvalue weighted by atomic mass is 10.0. The molecule has 0 bridgehead atoms. The van der Waals surface area contributed by atoms with Gasteiger partial charge in [0, 0.05) is 5.88 Å². The second kappa shape index (κ2) is 19.1. The van der Waals surface area contributed by atoms with Gasteiger partial charge < -0.3 is 0 Å². The lowest BCUT2D eigenvalue weighted by Gasteiger charge is -2.05. The molecule has 1 rings (SSSR count). The SMILES string of the molecule is ClCCCCCCCCCCCCCCCCCCCc1ccc(Cl)c(Cl)c1. The second-order valence-corrected chi connectivity index (χ2v) is 9.39. The van der Waals surface area contributed by atoms with Gasteiger partial charge in [0.1, 0.15) is 0 Å². The van der Waals surface area contributed by atoms with Gasteiger partial charge in [-0.2, -0.15) is 0 Å². The molecule has 0 fully saturated rings. The van der Waals surface area contributed by atoms with Crippen molar-refractivity contribution < 1.29 is 0 Å². The molecule has 0 aromatic heterocycles. The van der Waals surface area contributed by atoms with Crippen molar-refractivity contribution in [2.45, 2.75) is 116 Å². The third-order valence-corrected chi connectivity index (χ3v) is 6.59. The molecule has 0 radical (unpaired) electrons. The Kier molecular flexibility index (Phi) is 17.8. The molecule has 28 heavy (non-hydrogen) atoms. The molecule has 0 atom stereocenters. The zero-order valence-corrected chi connectivity index (χ0v) is 20.1. The van der Waals surface area contributed by atoms with Crippen molar-refractivity contribution in [1.29, 1.82) is 0 Å². The molecule has 1 aromatic carbocycles. The number of hydrogen-bond acceptors (Lipinski definition) is 0. The van der Waals surface area contributed by atoms with Crippen molar-refractivity contribution in [3.05, 3.63) is 33.8 Å². The van der Waals surface area contributed by atoms with E-state index < -0.39 is 0 Å². The lowest BCUT2D eigenvalue weighted by molar-refractivity contribution is 0.527. The molecule has 0 N–H and O–H groups in total. The fraction of sp³-hybridized carbons (Fsp3) is 0.760. The zero-order chi connectivity index (χ0) is 20.3. The molecule has 0 amide bonds. The Hall–Kier alpha value is 0.0900. The van der Waals surface area contributed by atoms with E-state index >= 15 is 0 Å². The molecule has 0 saturated heterocycles. The molecule has 3 heteroatoms. The smallest absolute Gasteiger partial charge is 0.0595 e. The van der Waals surface area contributed by atoms with Crippen molar-refractivity contribution in [3.63, 3.8) is 0 Å². The summed E-state index contributed by atoms with van der Waals surface area (Å²) in [6.45, 7) is 0. The number of rotatable bonds is 19. The summed E-state index contributed by atoms with van der Waals surface area (Å²) in [6, 6.07) is 6.01. The Balaban J connectivity index is 1.75. The van der Waals surface area contributed by atoms with E-state index in [-0.39, 0.29) is 0 Å². The first-order valence-electron chi connectivity index (χ1n) is 11.7. The molecule has 0 aliphatic heterocycles. The van der Waals surface area contributed by atoms with Crippen molar-refractivity contribution in [2.24, 2.45) is 0 Å². The van der Waals surface area contributed by atoms with Crippen LogP contribution >= 0.6 is 34.8 Å². The zero-order valence-electron chi connectivity index (χ0n) is 17.8. The van der Waals surface area contributed by atoms with Gasteiger partial charge in [-0.3, -0.25) is 0 Å². The van der Waals surface area contributed by atoms with Gasteiger partial charge in [-0.05, 0) is 37.0 Å². The molecule has 0 unspecified atom stereocenters. The minimum absolute atomic E-state index is 0.652. The highest BCUT2D eigenvalue weighted by Gasteiger charge is 2.00. The highest BCUT2D eigenvalue weighted by atomic mass is 35.5. The van der Waals surface area contributed by atoms with Gasteiger partial charge in [0.2, 0.25) is 0 Å². The molecule has 0 aliphatic rings. The molecule has 0 nitrogen and oxygen atoms in total. The topological polar surface area (TPSA) is 0 Å². The number of halogens is 3. The third-order valence-electron chi connectivity index (χ3n) is 5.58. The van der Waals surface area contributed by atoms with E-state index in [0.29, 0.717) is 10.0 Å². The standard InChI is InChI=1S/C25H41Cl3/c26-21-17-15-13-11-9-7-5-3-1-2-4-6-8-10-12-14-16-18-23-19-20-24(27)25(28)22-23/h19-20,22H,1-18,21H2. The first-order valence-corrected chi connectivity index (χ1v) is 13.0. The van der Waals surface area contributed by atoms with Crippen molar-refractivity contribution in [3.8, 4) is 0 Å². The predicted octanol–water partition coefficient (Wildman–Crippen LogP) is 10.4. The second-order valence-electron chi connectivity index (χ2n) is 8.20. The van der Waals surface area contributed by atoms with Gasteiger partial charge in [0.05, 0.1) is 10.0 Å². The number of alkyl halides is 1. The van der Waals surface area contributed by atoms with Crippen molar-refractivity contribution in [1.82, 2.24) is 0 Å². The monoisotopic (exact) mass is 446 g/mol. The number of benzene rings is 1. The molecule has 0 spiro atoms. The molecular formula is C25H41Cl3. The van der Waals surface area contributed by atoms with Gasteiger partial charge in [0.15, 0.2) is 0 Å². The van der Waals surface area contributed by atoms with Crippen LogP contribution in [-0.2, 0) is 6.42 Å². The van der Waals surface area contributed by atoms with E-state index in [1.165, 1.54) is 115 Å². The summed E-state index contributed by atoms with van der Waals surface area (Å²) in [5.74, 6) is 0.833. The summed E-state index contributed by atoms with van der Waals surface area (Å²) in [4.78, 5) is 0. The predicted molar refractivity (Wildman–Crippen MR) is 129 cm³/mol. The van der Waals surface area contributed by atoms with Crippen LogP contribution in [0.25, 0.3) is 0 Å². The van der Waals surface area contributed by atoms with Crippen LogP contribution in [0.4, 0.5) is 0 Å². The largest absolute Gasteiger partial charge is 0.127 e. The van der Waals surface area contributed by atoms with Gasteiger partial charge in [0.25, 0.3) is 0 Å². The lowest BCUT2D eigenvalue weighted by Crippen LogP contribution is -1.87. The summed E-state index contributed by atoms with van der Waals surface area (Å²) in [5, 5.41) is 1.33. The van der Waals surface area contributed by atoms with E-state index in [9.17, 15) is 0 Å². The Bertz CT molecular complexity index is 473. The minimum atomic E-state index is 0.652. The summed E-state index contributed by atoms with van der Waals surface area (Å²) in [5.41, 5.74) is 1.31. The van der Waals surface area contributed by atoms with E-state index in [1.54, 1.807) is 0 Å². The maximum absolute atomic E-state index is 6.06. The van der Waals surface area contributed by atoms with E-state index in [4.69, 9.17) is 34.8 Å². The van der Waals surface area contributed by atoms with Crippen LogP contribution in [0.2, 0.25) is 10.0 Å². The fourth-order valence-corrected chi connectivity index (χ4v) is 4.28. The Labute approximate surface area is 189 Å². The van der Waals surface area contributed by atoms with Crippen LogP contribution in [0.3, 0.4) is 0 Å². The Morgan fingerprint density at radius 3 is 1.25 bits per heavy atom. The van der Waals surface area contributed by atoms with Crippen LogP contribution in [0.15, 0.2) is 18.2 Å². The molecule has 162 valence electrons. The molecular weight excluding hydrogens is 407 g/mol. The van der Waals surface area contributed by atoms with Crippen LogP contribution in [0.5, 0.6) is 0 Å². The van der Waals surface area contributed by atoms with Crippen LogP contribution in [-0.4, -0.2) is 5.88 Å². The summed E-state index contributed by atoms with van der Waals surface area (Å²) < 4.78 is 0. The highest BCUT2D eigenvalue weighted by Crippen LogP contribution is 2.23. The van der Waals surface area contributed by atoms with E-state index in [0.717, 1.165) is 12.3 Å². The van der Waals surface area contributed by atoms with Crippen molar-refractivity contribution in [2.75, 3.05) is 5.88 Å². The summed E-state index contributed by atoms with van der Waals surface area (Å²) in [6.07, 6.45) is 24.6. The number of aryl methyl sites for hydroxylation is 1. The fourth-order valence-electron chi connectivity index (χ4n) is 3.77. The molecule has 0 heterocycles. The van der Waals surface area contributed by atoms with Gasteiger partial charge >= 0.3 is 0 Å². The van der Waals surface area contributed by atoms with Crippen molar-refractivity contribution >= 4 is 34.8 Å². The minimum Gasteiger partial charge on any atom is -0.127 e. The molecule has 0 saturated carbocycles. The van der Waals surface area contributed by atoms with Gasteiger partial charge in [-0.15, -0.1) is 11.6 Å². The normalized spacial score (nSPS) is 11.2. The average molecular weight is 448 g/mol. The molecule has 1 aromatic rings. The highest BCUT2D eigenvalue weighted by molar-refractivity contribution is 6.42. The molecule has 0 aliphatic carbocycles. The summed E-state index contributed by atoms with van der Waals surface area (Å²) in [7, 11) is 0. The average Bonchev–Trinajstić information content (AvgIpc) is 2.69. The maximum Gasteiger partial charge on any atom is 0.0595 e. The van der Waals surface area contributed by atoms with Crippen LogP contribution in [0.1, 0.15) is 115 Å². The van der Waals surface area contributed by atoms with E-state index in [1.807, 2.05) is 12.1 Å². The van der Waals surface area contributed by atoms with E-state index in [2.05, 4.69) is 6.07 Å². The van der Waals surface area contributed by atoms with Crippen LogP contribution in [0, 0.1) is 0 Å². The maximum atomic E-state index is 6.06. The number of unbranched alkanes of at least 4 members (excludes halogenated alkanes) is 16. The van der Waals surface area contributed by atoms with Gasteiger partial charge in [-0.1, -0.05) is 126 Å². The first kappa shape index (κ1) is 26.1. The van der Waals surface area contributed by atoms with Gasteiger partial charge in [-0.25, -0.2) is 0 Å². The van der Waals surface area contributed by atoms with Crippen LogP contribution < -0.4 is 0 Å². The first-order chi connectivity index (χ1) is 13.7. The summed E-state index contributed by atoms with van der Waals surface area (Å²) >= 11 is 17.7. The number of hydrogen-bond donors (Lipinski definition) is 0. The Morgan fingerprint density at radius 2 is 0.857 bits per heavy atom. The third kappa shape index (κ3) is 15.0. The quantitative estimate of drug-likeness (QED) is 0.146.